The molecule has 3 heterocycles. The Labute approximate surface area is 219 Å². The van der Waals surface area contributed by atoms with Gasteiger partial charge in [0.2, 0.25) is 17.7 Å². The van der Waals surface area contributed by atoms with E-state index in [0.717, 1.165) is 16.5 Å². The molecule has 2 aromatic rings. The quantitative estimate of drug-likeness (QED) is 0.295. The molecule has 1 aromatic carbocycles. The first kappa shape index (κ1) is 27.1. The summed E-state index contributed by atoms with van der Waals surface area (Å²) in [7, 11) is 0. The maximum atomic E-state index is 13.3. The van der Waals surface area contributed by atoms with Crippen molar-refractivity contribution in [3.05, 3.63) is 36.0 Å². The number of carboxylic acids is 2. The zero-order valence-electron chi connectivity index (χ0n) is 21.0. The van der Waals surface area contributed by atoms with Crippen LogP contribution in [0.15, 0.2) is 30.5 Å². The summed E-state index contributed by atoms with van der Waals surface area (Å²) in [5.74, 6) is -3.88. The fraction of sp³-hybridized carbons (Fsp3) is 0.500. The van der Waals surface area contributed by atoms with Crippen molar-refractivity contribution in [1.82, 2.24) is 20.1 Å². The van der Waals surface area contributed by atoms with E-state index in [2.05, 4.69) is 10.3 Å². The number of aromatic amines is 1. The summed E-state index contributed by atoms with van der Waals surface area (Å²) in [6, 6.07) is 3.70. The third kappa shape index (κ3) is 5.80. The zero-order chi connectivity index (χ0) is 27.4. The number of hydrogen-bond donors (Lipinski definition) is 5. The van der Waals surface area contributed by atoms with Gasteiger partial charge in [0.25, 0.3) is 0 Å². The Morgan fingerprint density at radius 1 is 1.00 bits per heavy atom. The van der Waals surface area contributed by atoms with Gasteiger partial charge in [0.05, 0.1) is 6.04 Å². The van der Waals surface area contributed by atoms with E-state index in [1.54, 1.807) is 0 Å². The van der Waals surface area contributed by atoms with Crippen molar-refractivity contribution in [2.24, 2.45) is 5.73 Å². The predicted octanol–water partition coefficient (Wildman–Crippen LogP) is 0.454. The lowest BCUT2D eigenvalue weighted by Gasteiger charge is -2.30. The van der Waals surface area contributed by atoms with Crippen molar-refractivity contribution in [1.29, 1.82) is 0 Å². The number of hydrogen-bond acceptors (Lipinski definition) is 6. The first-order chi connectivity index (χ1) is 18.2. The minimum Gasteiger partial charge on any atom is -0.481 e. The van der Waals surface area contributed by atoms with Gasteiger partial charge < -0.3 is 36.0 Å². The fourth-order valence-corrected chi connectivity index (χ4v) is 5.42. The molecule has 4 rings (SSSR count). The highest BCUT2D eigenvalue weighted by molar-refractivity contribution is 5.95. The molecule has 0 aliphatic carbocycles. The Balaban J connectivity index is 1.44. The number of likely N-dealkylation sites (tertiary alicyclic amines) is 2. The summed E-state index contributed by atoms with van der Waals surface area (Å²) in [6.07, 6.45) is 3.26. The van der Waals surface area contributed by atoms with Crippen LogP contribution in [0.5, 0.6) is 0 Å². The second-order valence-corrected chi connectivity index (χ2v) is 9.88. The van der Waals surface area contributed by atoms with Crippen LogP contribution in [-0.2, 0) is 30.4 Å². The third-order valence-corrected chi connectivity index (χ3v) is 7.35. The van der Waals surface area contributed by atoms with Crippen molar-refractivity contribution < 1.29 is 34.2 Å². The molecule has 12 nitrogen and oxygen atoms in total. The molecular weight excluding hydrogens is 494 g/mol. The number of para-hydroxylation sites is 1. The molecule has 4 unspecified atom stereocenters. The van der Waals surface area contributed by atoms with E-state index in [-0.39, 0.29) is 31.7 Å². The molecule has 0 bridgehead atoms. The van der Waals surface area contributed by atoms with Crippen LogP contribution in [-0.4, -0.2) is 91.9 Å². The van der Waals surface area contributed by atoms with Crippen LogP contribution in [0.4, 0.5) is 0 Å². The number of H-pyrrole nitrogens is 1. The number of carbonyl (C=O) groups excluding carboxylic acids is 3. The molecule has 0 spiro atoms. The molecule has 204 valence electrons. The standard InChI is InChI=1S/C26H33N5O7/c27-17(13-15-14-28-18-6-2-1-5-16(15)18)24(35)30-11-3-7-20(30)23(34)29-19(9-10-22(32)33)25(36)31-12-4-8-21(31)26(37)38/h1-2,5-6,14,17,19-21,28H,3-4,7-13,27H2,(H,29,34)(H,32,33)(H,37,38). The van der Waals surface area contributed by atoms with Gasteiger partial charge in [0.15, 0.2) is 0 Å². The third-order valence-electron chi connectivity index (χ3n) is 7.35. The molecule has 2 aliphatic rings. The van der Waals surface area contributed by atoms with Gasteiger partial charge in [-0.05, 0) is 50.2 Å². The number of amides is 3. The van der Waals surface area contributed by atoms with E-state index in [4.69, 9.17) is 10.8 Å². The van der Waals surface area contributed by atoms with E-state index >= 15 is 0 Å². The van der Waals surface area contributed by atoms with Crippen molar-refractivity contribution in [3.8, 4) is 0 Å². The molecule has 6 N–H and O–H groups in total. The first-order valence-electron chi connectivity index (χ1n) is 12.8. The van der Waals surface area contributed by atoms with Crippen LogP contribution >= 0.6 is 0 Å². The summed E-state index contributed by atoms with van der Waals surface area (Å²) in [6.45, 7) is 0.547. The number of aliphatic carboxylic acids is 2. The first-order valence-corrected chi connectivity index (χ1v) is 12.8. The van der Waals surface area contributed by atoms with Crippen LogP contribution in [0.2, 0.25) is 0 Å². The number of rotatable bonds is 10. The number of nitrogens with one attached hydrogen (secondary N) is 2. The van der Waals surface area contributed by atoms with Crippen molar-refractivity contribution in [2.75, 3.05) is 13.1 Å². The Hall–Kier alpha value is -3.93. The monoisotopic (exact) mass is 527 g/mol. The maximum Gasteiger partial charge on any atom is 0.326 e. The molecular formula is C26H33N5O7. The highest BCUT2D eigenvalue weighted by atomic mass is 16.4. The number of fused-ring (bicyclic) bond motifs is 1. The smallest absolute Gasteiger partial charge is 0.326 e. The summed E-state index contributed by atoms with van der Waals surface area (Å²) in [5.41, 5.74) is 8.10. The Kier molecular flexibility index (Phi) is 8.30. The number of nitrogens with two attached hydrogens (primary N) is 1. The average molecular weight is 528 g/mol. The SMILES string of the molecule is NC(Cc1c[nH]c2ccccc12)C(=O)N1CCCC1C(=O)NC(CCC(=O)O)C(=O)N1CCCC1C(=O)O. The lowest BCUT2D eigenvalue weighted by atomic mass is 10.0. The molecule has 12 heteroatoms. The lowest BCUT2D eigenvalue weighted by Crippen LogP contribution is -2.56. The van der Waals surface area contributed by atoms with Crippen LogP contribution < -0.4 is 11.1 Å². The molecule has 38 heavy (non-hydrogen) atoms. The van der Waals surface area contributed by atoms with Crippen molar-refractivity contribution in [2.45, 2.75) is 69.1 Å². The van der Waals surface area contributed by atoms with Gasteiger partial charge in [0, 0.05) is 36.6 Å². The zero-order valence-corrected chi connectivity index (χ0v) is 21.0. The number of benzene rings is 1. The number of carbonyl (C=O) groups is 5. The molecule has 1 aromatic heterocycles. The summed E-state index contributed by atoms with van der Waals surface area (Å²) >= 11 is 0. The van der Waals surface area contributed by atoms with Crippen molar-refractivity contribution in [3.63, 3.8) is 0 Å². The fourth-order valence-electron chi connectivity index (χ4n) is 5.42. The van der Waals surface area contributed by atoms with E-state index in [0.29, 0.717) is 32.2 Å². The minimum absolute atomic E-state index is 0.191. The summed E-state index contributed by atoms with van der Waals surface area (Å²) < 4.78 is 0. The Bertz CT molecular complexity index is 1230. The largest absolute Gasteiger partial charge is 0.481 e. The van der Waals surface area contributed by atoms with Crippen LogP contribution in [0.25, 0.3) is 10.9 Å². The molecule has 4 atom stereocenters. The number of aromatic nitrogens is 1. The minimum atomic E-state index is -1.21. The maximum absolute atomic E-state index is 13.3. The molecule has 2 saturated heterocycles. The Morgan fingerprint density at radius 2 is 1.66 bits per heavy atom. The van der Waals surface area contributed by atoms with E-state index in [1.165, 1.54) is 9.80 Å². The van der Waals surface area contributed by atoms with Crippen LogP contribution in [0.3, 0.4) is 0 Å². The highest BCUT2D eigenvalue weighted by Crippen LogP contribution is 2.23. The molecule has 2 fully saturated rings. The van der Waals surface area contributed by atoms with E-state index in [9.17, 15) is 29.1 Å². The predicted molar refractivity (Wildman–Crippen MR) is 136 cm³/mol. The van der Waals surface area contributed by atoms with Gasteiger partial charge in [0.1, 0.15) is 18.1 Å². The number of nitrogens with zero attached hydrogens (tertiary/aromatic N) is 2. The van der Waals surface area contributed by atoms with Crippen molar-refractivity contribution >= 4 is 40.6 Å². The molecule has 0 saturated carbocycles. The van der Waals surface area contributed by atoms with Crippen LogP contribution in [0, 0.1) is 0 Å². The summed E-state index contributed by atoms with van der Waals surface area (Å²) in [5, 5.41) is 22.2. The van der Waals surface area contributed by atoms with Gasteiger partial charge >= 0.3 is 11.9 Å². The lowest BCUT2D eigenvalue weighted by molar-refractivity contribution is -0.150. The molecule has 0 radical (unpaired) electrons. The second kappa shape index (κ2) is 11.6. The highest BCUT2D eigenvalue weighted by Gasteiger charge is 2.41. The van der Waals surface area contributed by atoms with Gasteiger partial charge in [-0.3, -0.25) is 19.2 Å². The molecule has 2 aliphatic heterocycles. The number of carboxylic acid groups (broad SMARTS) is 2. The second-order valence-electron chi connectivity index (χ2n) is 9.88. The van der Waals surface area contributed by atoms with Gasteiger partial charge in [-0.25, -0.2) is 4.79 Å². The van der Waals surface area contributed by atoms with Gasteiger partial charge in [-0.15, -0.1) is 0 Å². The normalized spacial score (nSPS) is 20.9. The van der Waals surface area contributed by atoms with Gasteiger partial charge in [-0.2, -0.15) is 0 Å². The molecule has 3 amide bonds. The van der Waals surface area contributed by atoms with Crippen LogP contribution in [0.1, 0.15) is 44.1 Å². The topological polar surface area (TPSA) is 186 Å². The summed E-state index contributed by atoms with van der Waals surface area (Å²) in [4.78, 5) is 68.3. The average Bonchev–Trinajstić information content (AvgIpc) is 3.65. The Morgan fingerprint density at radius 3 is 2.34 bits per heavy atom. The van der Waals surface area contributed by atoms with E-state index < -0.39 is 47.9 Å². The van der Waals surface area contributed by atoms with E-state index in [1.807, 2.05) is 30.5 Å². The van der Waals surface area contributed by atoms with Gasteiger partial charge in [-0.1, -0.05) is 18.2 Å².